The molecule has 0 aliphatic rings. The van der Waals surface area contributed by atoms with Gasteiger partial charge in [-0.3, -0.25) is 4.79 Å². The molecule has 0 saturated carbocycles. The van der Waals surface area contributed by atoms with Gasteiger partial charge in [-0.25, -0.2) is 4.98 Å². The summed E-state index contributed by atoms with van der Waals surface area (Å²) in [4.78, 5) is 15.1. The molecule has 0 N–H and O–H groups in total. The van der Waals surface area contributed by atoms with Gasteiger partial charge in [-0.2, -0.15) is 0 Å². The first-order valence-electron chi connectivity index (χ1n) is 4.82. The zero-order valence-electron chi connectivity index (χ0n) is 8.95. The monoisotopic (exact) mass is 235 g/mol. The molecule has 1 aromatic carbocycles. The van der Waals surface area contributed by atoms with Crippen molar-refractivity contribution >= 4 is 16.8 Å². The zero-order chi connectivity index (χ0) is 11.7. The Morgan fingerprint density at radius 2 is 1.88 bits per heavy atom. The van der Waals surface area contributed by atoms with Crippen molar-refractivity contribution in [2.45, 2.75) is 13.8 Å². The fraction of sp³-hybridized carbons (Fsp3) is 0.167. The van der Waals surface area contributed by atoms with Crippen LogP contribution in [0, 0.1) is 13.8 Å². The van der Waals surface area contributed by atoms with Crippen molar-refractivity contribution in [1.29, 1.82) is 0 Å². The molecule has 0 saturated heterocycles. The van der Waals surface area contributed by atoms with E-state index in [-0.39, 0.29) is 5.69 Å². The molecule has 1 aromatic heterocycles. The maximum atomic E-state index is 11.0. The number of benzene rings is 1. The minimum absolute atomic E-state index is 0.178. The van der Waals surface area contributed by atoms with Gasteiger partial charge >= 0.3 is 0 Å². The second kappa shape index (κ2) is 4.10. The summed E-state index contributed by atoms with van der Waals surface area (Å²) in [5, 5.41) is -0.598. The van der Waals surface area contributed by atoms with Gasteiger partial charge in [-0.1, -0.05) is 17.7 Å². The highest BCUT2D eigenvalue weighted by Crippen LogP contribution is 2.22. The first kappa shape index (κ1) is 10.9. The molecule has 0 aliphatic carbocycles. The van der Waals surface area contributed by atoms with Gasteiger partial charge in [0.1, 0.15) is 5.76 Å². The molecule has 0 bridgehead atoms. The normalized spacial score (nSPS) is 10.4. The Morgan fingerprint density at radius 1 is 1.25 bits per heavy atom. The van der Waals surface area contributed by atoms with Gasteiger partial charge in [0.2, 0.25) is 5.89 Å². The van der Waals surface area contributed by atoms with E-state index >= 15 is 0 Å². The molecule has 2 rings (SSSR count). The summed E-state index contributed by atoms with van der Waals surface area (Å²) in [5.74, 6) is 0.858. The quantitative estimate of drug-likeness (QED) is 0.750. The molecule has 0 amide bonds. The van der Waals surface area contributed by atoms with Crippen molar-refractivity contribution < 1.29 is 9.21 Å². The molecule has 0 unspecified atom stereocenters. The lowest BCUT2D eigenvalue weighted by atomic mass is 10.1. The van der Waals surface area contributed by atoms with E-state index in [9.17, 15) is 4.79 Å². The summed E-state index contributed by atoms with van der Waals surface area (Å²) in [6.07, 6.45) is 0. The second-order valence-electron chi connectivity index (χ2n) is 3.56. The predicted octanol–water partition coefficient (Wildman–Crippen LogP) is 3.34. The highest BCUT2D eigenvalue weighted by Gasteiger charge is 2.15. The topological polar surface area (TPSA) is 43.1 Å². The molecular formula is C12H10ClNO2. The number of hydrogen-bond acceptors (Lipinski definition) is 3. The van der Waals surface area contributed by atoms with Crippen LogP contribution < -0.4 is 0 Å². The summed E-state index contributed by atoms with van der Waals surface area (Å²) in [6, 6.07) is 7.69. The molecular weight excluding hydrogens is 226 g/mol. The largest absolute Gasteiger partial charge is 0.441 e. The first-order valence-corrected chi connectivity index (χ1v) is 5.20. The van der Waals surface area contributed by atoms with Gasteiger partial charge in [0.15, 0.2) is 5.69 Å². The number of rotatable bonds is 2. The van der Waals surface area contributed by atoms with Gasteiger partial charge in [-0.05, 0) is 37.6 Å². The van der Waals surface area contributed by atoms with Crippen LogP contribution in [0.3, 0.4) is 0 Å². The third kappa shape index (κ3) is 1.99. The summed E-state index contributed by atoms with van der Waals surface area (Å²) in [7, 11) is 0. The number of aromatic nitrogens is 1. The Bertz CT molecular complexity index is 528. The third-order valence-corrected chi connectivity index (χ3v) is 2.46. The molecule has 2 aromatic rings. The van der Waals surface area contributed by atoms with Crippen molar-refractivity contribution in [3.63, 3.8) is 0 Å². The minimum Gasteiger partial charge on any atom is -0.441 e. The molecule has 82 valence electrons. The maximum absolute atomic E-state index is 11.0. The molecule has 0 radical (unpaired) electrons. The van der Waals surface area contributed by atoms with E-state index in [4.69, 9.17) is 16.0 Å². The Labute approximate surface area is 98.1 Å². The van der Waals surface area contributed by atoms with Crippen LogP contribution in [0.5, 0.6) is 0 Å². The predicted molar refractivity (Wildman–Crippen MR) is 61.6 cm³/mol. The van der Waals surface area contributed by atoms with Crippen molar-refractivity contribution in [2.75, 3.05) is 0 Å². The molecule has 0 atom stereocenters. The number of halogens is 1. The van der Waals surface area contributed by atoms with Crippen molar-refractivity contribution in [3.8, 4) is 11.5 Å². The van der Waals surface area contributed by atoms with Gasteiger partial charge in [0.05, 0.1) is 0 Å². The SMILES string of the molecule is Cc1ccc(-c2nc(C(=O)Cl)c(C)o2)cc1. The lowest BCUT2D eigenvalue weighted by Crippen LogP contribution is -1.91. The lowest BCUT2D eigenvalue weighted by Gasteiger charge is -1.95. The molecule has 4 heteroatoms. The number of carbonyl (C=O) groups excluding carboxylic acids is 1. The smallest absolute Gasteiger partial charge is 0.274 e. The number of hydrogen-bond donors (Lipinski definition) is 0. The van der Waals surface area contributed by atoms with Gasteiger partial charge in [-0.15, -0.1) is 0 Å². The van der Waals surface area contributed by atoms with Crippen LogP contribution in [0.1, 0.15) is 21.8 Å². The summed E-state index contributed by atoms with van der Waals surface area (Å²) in [6.45, 7) is 3.67. The maximum Gasteiger partial charge on any atom is 0.274 e. The van der Waals surface area contributed by atoms with Crippen LogP contribution in [0.25, 0.3) is 11.5 Å². The van der Waals surface area contributed by atoms with Crippen molar-refractivity contribution in [3.05, 3.63) is 41.3 Å². The van der Waals surface area contributed by atoms with E-state index in [1.165, 1.54) is 0 Å². The standard InChI is InChI=1S/C12H10ClNO2/c1-7-3-5-9(6-4-7)12-14-10(11(13)15)8(2)16-12/h3-6H,1-2H3. The highest BCUT2D eigenvalue weighted by atomic mass is 35.5. The summed E-state index contributed by atoms with van der Waals surface area (Å²) in [5.41, 5.74) is 2.16. The van der Waals surface area contributed by atoms with Crippen molar-refractivity contribution in [1.82, 2.24) is 4.98 Å². The van der Waals surface area contributed by atoms with Crippen LogP contribution in [-0.2, 0) is 0 Å². The summed E-state index contributed by atoms with van der Waals surface area (Å²) < 4.78 is 5.39. The van der Waals surface area contributed by atoms with Gasteiger partial charge < -0.3 is 4.42 Å². The number of nitrogens with zero attached hydrogens (tertiary/aromatic N) is 1. The van der Waals surface area contributed by atoms with E-state index in [1.807, 2.05) is 31.2 Å². The van der Waals surface area contributed by atoms with E-state index in [2.05, 4.69) is 4.98 Å². The molecule has 0 fully saturated rings. The van der Waals surface area contributed by atoms with Crippen LogP contribution in [0.15, 0.2) is 28.7 Å². The molecule has 0 aliphatic heterocycles. The fourth-order valence-corrected chi connectivity index (χ4v) is 1.57. The van der Waals surface area contributed by atoms with E-state index in [0.717, 1.165) is 11.1 Å². The van der Waals surface area contributed by atoms with Crippen LogP contribution >= 0.6 is 11.6 Å². The fourth-order valence-electron chi connectivity index (χ4n) is 1.40. The Balaban J connectivity index is 2.45. The van der Waals surface area contributed by atoms with Crippen LogP contribution in [0.4, 0.5) is 0 Å². The Morgan fingerprint density at radius 3 is 2.38 bits per heavy atom. The highest BCUT2D eigenvalue weighted by molar-refractivity contribution is 6.67. The van der Waals surface area contributed by atoms with Gasteiger partial charge in [0, 0.05) is 5.56 Å². The number of carbonyl (C=O) groups is 1. The second-order valence-corrected chi connectivity index (χ2v) is 3.91. The first-order chi connectivity index (χ1) is 7.58. The molecule has 3 nitrogen and oxygen atoms in total. The van der Waals surface area contributed by atoms with E-state index in [1.54, 1.807) is 6.92 Å². The Hall–Kier alpha value is -1.61. The minimum atomic E-state index is -0.598. The number of oxazole rings is 1. The zero-order valence-corrected chi connectivity index (χ0v) is 9.71. The number of aryl methyl sites for hydroxylation is 2. The lowest BCUT2D eigenvalue weighted by molar-refractivity contribution is 0.107. The molecule has 16 heavy (non-hydrogen) atoms. The van der Waals surface area contributed by atoms with Crippen molar-refractivity contribution in [2.24, 2.45) is 0 Å². The Kier molecular flexibility index (Phi) is 2.79. The van der Waals surface area contributed by atoms with E-state index in [0.29, 0.717) is 11.7 Å². The summed E-state index contributed by atoms with van der Waals surface area (Å²) >= 11 is 5.37. The average Bonchev–Trinajstić information content (AvgIpc) is 2.61. The van der Waals surface area contributed by atoms with Gasteiger partial charge in [0.25, 0.3) is 5.24 Å². The van der Waals surface area contributed by atoms with Crippen LogP contribution in [0.2, 0.25) is 0 Å². The molecule has 1 heterocycles. The van der Waals surface area contributed by atoms with Crippen LogP contribution in [-0.4, -0.2) is 10.2 Å². The average molecular weight is 236 g/mol. The third-order valence-electron chi connectivity index (χ3n) is 2.28. The van der Waals surface area contributed by atoms with E-state index < -0.39 is 5.24 Å². The molecule has 0 spiro atoms.